The third kappa shape index (κ3) is 4.26. The molecule has 170 valence electrons. The minimum Gasteiger partial charge on any atom is -0.376 e. The molecule has 2 atom stereocenters. The number of amides is 2. The van der Waals surface area contributed by atoms with Crippen molar-refractivity contribution in [1.29, 1.82) is 0 Å². The third-order valence-corrected chi connectivity index (χ3v) is 6.18. The summed E-state index contributed by atoms with van der Waals surface area (Å²) in [4.78, 5) is 19.4. The van der Waals surface area contributed by atoms with Gasteiger partial charge in [-0.15, -0.1) is 0 Å². The van der Waals surface area contributed by atoms with Crippen molar-refractivity contribution in [1.82, 2.24) is 20.4 Å². The Morgan fingerprint density at radius 1 is 1.12 bits per heavy atom. The van der Waals surface area contributed by atoms with Gasteiger partial charge in [-0.05, 0) is 56.5 Å². The molecule has 2 aromatic carbocycles. The van der Waals surface area contributed by atoms with E-state index in [1.165, 1.54) is 12.1 Å². The van der Waals surface area contributed by atoms with Crippen LogP contribution in [0.15, 0.2) is 58.8 Å². The van der Waals surface area contributed by atoms with Crippen molar-refractivity contribution in [2.24, 2.45) is 0 Å². The van der Waals surface area contributed by atoms with Crippen molar-refractivity contribution in [3.05, 3.63) is 77.1 Å². The number of halogens is 1. The number of hydrogen-bond acceptors (Lipinski definition) is 5. The normalized spacial score (nSPS) is 20.9. The highest BCUT2D eigenvalue weighted by atomic mass is 19.1. The second-order valence-corrected chi connectivity index (χ2v) is 8.47. The molecule has 2 amide bonds. The zero-order valence-corrected chi connectivity index (χ0v) is 18.5. The average Bonchev–Trinajstić information content (AvgIpc) is 3.50. The zero-order valence-electron chi connectivity index (χ0n) is 18.5. The summed E-state index contributed by atoms with van der Waals surface area (Å²) in [5.74, 6) is 0.338. The van der Waals surface area contributed by atoms with Gasteiger partial charge in [0, 0.05) is 17.9 Å². The monoisotopic (exact) mass is 448 g/mol. The van der Waals surface area contributed by atoms with E-state index in [0.29, 0.717) is 30.4 Å². The number of aromatic nitrogens is 2. The molecule has 0 saturated carbocycles. The largest absolute Gasteiger partial charge is 0.376 e. The van der Waals surface area contributed by atoms with Crippen LogP contribution in [-0.4, -0.2) is 40.3 Å². The number of nitrogens with zero attached hydrogens (tertiary/aromatic N) is 3. The molecule has 0 spiro atoms. The third-order valence-electron chi connectivity index (χ3n) is 6.18. The standard InChI is InChI=1S/C25H25FN4O3/c1-15-5-7-17(8-6-15)22-21(16(2)30(25(31)27-22)14-20-4-3-13-32-20)24-28-23(29-33-24)18-9-11-19(26)12-10-18/h5-12,20,22H,3-4,13-14H2,1-2H3,(H,27,31). The van der Waals surface area contributed by atoms with E-state index in [0.717, 1.165) is 35.2 Å². The Balaban J connectivity index is 1.56. The molecule has 1 saturated heterocycles. The molecule has 3 heterocycles. The fraction of sp³-hybridized carbons (Fsp3) is 0.320. The molecule has 5 rings (SSSR count). The predicted octanol–water partition coefficient (Wildman–Crippen LogP) is 4.86. The molecule has 33 heavy (non-hydrogen) atoms. The van der Waals surface area contributed by atoms with E-state index in [4.69, 9.17) is 9.26 Å². The molecule has 7 nitrogen and oxygen atoms in total. The smallest absolute Gasteiger partial charge is 0.322 e. The van der Waals surface area contributed by atoms with Crippen molar-refractivity contribution in [3.63, 3.8) is 0 Å². The minimum atomic E-state index is -0.444. The van der Waals surface area contributed by atoms with Crippen LogP contribution in [0, 0.1) is 12.7 Å². The quantitative estimate of drug-likeness (QED) is 0.603. The maximum atomic E-state index is 13.3. The van der Waals surface area contributed by atoms with Gasteiger partial charge in [0.1, 0.15) is 5.82 Å². The molecule has 1 N–H and O–H groups in total. The summed E-state index contributed by atoms with van der Waals surface area (Å²) in [6.07, 6.45) is 1.91. The number of hydrogen-bond donors (Lipinski definition) is 1. The highest BCUT2D eigenvalue weighted by Gasteiger charge is 2.37. The van der Waals surface area contributed by atoms with E-state index < -0.39 is 6.04 Å². The first-order chi connectivity index (χ1) is 16.0. The van der Waals surface area contributed by atoms with Gasteiger partial charge in [-0.3, -0.25) is 4.90 Å². The van der Waals surface area contributed by atoms with Crippen LogP contribution in [0.5, 0.6) is 0 Å². The number of carbonyl (C=O) groups is 1. The van der Waals surface area contributed by atoms with Gasteiger partial charge in [-0.25, -0.2) is 9.18 Å². The fourth-order valence-corrected chi connectivity index (χ4v) is 4.33. The van der Waals surface area contributed by atoms with Gasteiger partial charge in [0.15, 0.2) is 0 Å². The summed E-state index contributed by atoms with van der Waals surface area (Å²) in [6.45, 7) is 5.08. The Hall–Kier alpha value is -3.52. The first-order valence-corrected chi connectivity index (χ1v) is 11.1. The molecule has 1 fully saturated rings. The van der Waals surface area contributed by atoms with Gasteiger partial charge >= 0.3 is 6.03 Å². The van der Waals surface area contributed by atoms with Gasteiger partial charge < -0.3 is 14.6 Å². The van der Waals surface area contributed by atoms with Gasteiger partial charge in [-0.1, -0.05) is 35.0 Å². The Morgan fingerprint density at radius 3 is 2.58 bits per heavy atom. The van der Waals surface area contributed by atoms with Gasteiger partial charge in [-0.2, -0.15) is 4.98 Å². The topological polar surface area (TPSA) is 80.5 Å². The van der Waals surface area contributed by atoms with Crippen LogP contribution in [0.4, 0.5) is 9.18 Å². The summed E-state index contributed by atoms with van der Waals surface area (Å²) in [5, 5.41) is 7.22. The van der Waals surface area contributed by atoms with Crippen LogP contribution in [-0.2, 0) is 4.74 Å². The molecule has 0 radical (unpaired) electrons. The van der Waals surface area contributed by atoms with E-state index in [9.17, 15) is 9.18 Å². The van der Waals surface area contributed by atoms with Crippen molar-refractivity contribution in [3.8, 4) is 11.4 Å². The first-order valence-electron chi connectivity index (χ1n) is 11.1. The van der Waals surface area contributed by atoms with E-state index in [2.05, 4.69) is 15.5 Å². The lowest BCUT2D eigenvalue weighted by atomic mass is 9.94. The maximum Gasteiger partial charge on any atom is 0.322 e. The summed E-state index contributed by atoms with van der Waals surface area (Å²) >= 11 is 0. The second kappa shape index (κ2) is 8.78. The van der Waals surface area contributed by atoms with E-state index in [-0.39, 0.29) is 18.0 Å². The molecular formula is C25H25FN4O3. The van der Waals surface area contributed by atoms with Crippen LogP contribution in [0.3, 0.4) is 0 Å². The summed E-state index contributed by atoms with van der Waals surface area (Å²) in [7, 11) is 0. The molecule has 2 aliphatic heterocycles. The predicted molar refractivity (Wildman–Crippen MR) is 120 cm³/mol. The summed E-state index contributed by atoms with van der Waals surface area (Å²) in [6, 6.07) is 13.3. The average molecular weight is 448 g/mol. The second-order valence-electron chi connectivity index (χ2n) is 8.47. The number of ether oxygens (including phenoxy) is 1. The number of allylic oxidation sites excluding steroid dienone is 1. The van der Waals surface area contributed by atoms with Crippen LogP contribution >= 0.6 is 0 Å². The lowest BCUT2D eigenvalue weighted by molar-refractivity contribution is 0.0877. The van der Waals surface area contributed by atoms with Crippen LogP contribution in [0.2, 0.25) is 0 Å². The van der Waals surface area contributed by atoms with Crippen molar-refractivity contribution < 1.29 is 18.4 Å². The lowest BCUT2D eigenvalue weighted by Gasteiger charge is -2.36. The van der Waals surface area contributed by atoms with Gasteiger partial charge in [0.25, 0.3) is 5.89 Å². The van der Waals surface area contributed by atoms with Crippen LogP contribution in [0.25, 0.3) is 17.0 Å². The number of nitrogens with one attached hydrogen (secondary N) is 1. The fourth-order valence-electron chi connectivity index (χ4n) is 4.33. The van der Waals surface area contributed by atoms with Gasteiger partial charge in [0.05, 0.1) is 24.3 Å². The summed E-state index contributed by atoms with van der Waals surface area (Å²) < 4.78 is 24.8. The maximum absolute atomic E-state index is 13.3. The Kier molecular flexibility index (Phi) is 5.68. The number of urea groups is 1. The molecular weight excluding hydrogens is 423 g/mol. The lowest BCUT2D eigenvalue weighted by Crippen LogP contribution is -2.48. The number of benzene rings is 2. The minimum absolute atomic E-state index is 0.000311. The highest BCUT2D eigenvalue weighted by Crippen LogP contribution is 2.37. The Bertz CT molecular complexity index is 1180. The molecule has 2 unspecified atom stereocenters. The zero-order chi connectivity index (χ0) is 22.9. The number of aryl methyl sites for hydroxylation is 1. The molecule has 0 aliphatic carbocycles. The molecule has 8 heteroatoms. The number of rotatable bonds is 5. The summed E-state index contributed by atoms with van der Waals surface area (Å²) in [5.41, 5.74) is 4.17. The SMILES string of the molecule is CC1=C(c2nc(-c3ccc(F)cc3)no2)C(c2ccc(C)cc2)NC(=O)N1CC1CCCO1. The molecule has 1 aromatic heterocycles. The molecule has 3 aromatic rings. The van der Waals surface area contributed by atoms with E-state index >= 15 is 0 Å². The highest BCUT2D eigenvalue weighted by molar-refractivity contribution is 5.87. The van der Waals surface area contributed by atoms with E-state index in [1.807, 2.05) is 38.1 Å². The first kappa shape index (κ1) is 21.3. The van der Waals surface area contributed by atoms with Crippen LogP contribution < -0.4 is 5.32 Å². The van der Waals surface area contributed by atoms with Crippen molar-refractivity contribution >= 4 is 11.6 Å². The Labute approximate surface area is 191 Å². The van der Waals surface area contributed by atoms with E-state index in [1.54, 1.807) is 17.0 Å². The Morgan fingerprint density at radius 2 is 1.88 bits per heavy atom. The van der Waals surface area contributed by atoms with Gasteiger partial charge in [0.2, 0.25) is 5.82 Å². The molecule has 0 bridgehead atoms. The van der Waals surface area contributed by atoms with Crippen molar-refractivity contribution in [2.45, 2.75) is 38.8 Å². The van der Waals surface area contributed by atoms with Crippen molar-refractivity contribution in [2.75, 3.05) is 13.2 Å². The van der Waals surface area contributed by atoms with Crippen LogP contribution in [0.1, 0.15) is 42.8 Å². The molecule has 2 aliphatic rings. The number of carbonyl (C=O) groups excluding carboxylic acids is 1.